The molecule has 0 radical (unpaired) electrons. The molecular formula is C27H28O3S. The van der Waals surface area contributed by atoms with Crippen LogP contribution in [0, 0.1) is 0 Å². The Kier molecular flexibility index (Phi) is 7.24. The first-order chi connectivity index (χ1) is 14.8. The lowest BCUT2D eigenvalue weighted by Gasteiger charge is -2.19. The molecule has 0 spiro atoms. The quantitative estimate of drug-likeness (QED) is 0.321. The second kappa shape index (κ2) is 9.88. The first-order valence-electron chi connectivity index (χ1n) is 10.2. The van der Waals surface area contributed by atoms with Crippen molar-refractivity contribution in [2.45, 2.75) is 37.7 Å². The third-order valence-corrected chi connectivity index (χ3v) is 5.80. The molecule has 160 valence electrons. The van der Waals surface area contributed by atoms with Gasteiger partial charge in [-0.2, -0.15) is 0 Å². The lowest BCUT2D eigenvalue weighted by Crippen LogP contribution is -2.10. The molecule has 0 aliphatic rings. The smallest absolute Gasteiger partial charge is 0.328 e. The standard InChI is InChI=1S/C27H28O3S/c1-27(2,3)23-11-5-19(6-12-23)18-30-25-15-9-21(17-22(25)10-16-26(28)29)20-7-13-24(31-4)14-8-20/h5-17H,18H2,1-4H3,(H,28,29). The molecule has 4 heteroatoms. The first-order valence-corrected chi connectivity index (χ1v) is 11.4. The zero-order chi connectivity index (χ0) is 22.4. The summed E-state index contributed by atoms with van der Waals surface area (Å²) < 4.78 is 6.06. The van der Waals surface area contributed by atoms with E-state index in [1.54, 1.807) is 17.8 Å². The van der Waals surface area contributed by atoms with Crippen LogP contribution in [0.15, 0.2) is 77.7 Å². The van der Waals surface area contributed by atoms with Crippen molar-refractivity contribution >= 4 is 23.8 Å². The van der Waals surface area contributed by atoms with E-state index in [-0.39, 0.29) is 5.41 Å². The van der Waals surface area contributed by atoms with Gasteiger partial charge in [-0.25, -0.2) is 4.79 Å². The number of hydrogen-bond donors (Lipinski definition) is 1. The molecule has 0 bridgehead atoms. The van der Waals surface area contributed by atoms with E-state index < -0.39 is 5.97 Å². The van der Waals surface area contributed by atoms with Crippen LogP contribution in [0.2, 0.25) is 0 Å². The Morgan fingerprint density at radius 2 is 1.61 bits per heavy atom. The Hall–Kier alpha value is -2.98. The molecule has 3 nitrogen and oxygen atoms in total. The summed E-state index contributed by atoms with van der Waals surface area (Å²) in [6.07, 6.45) is 4.77. The van der Waals surface area contributed by atoms with Crippen LogP contribution in [0.4, 0.5) is 0 Å². The summed E-state index contributed by atoms with van der Waals surface area (Å²) in [7, 11) is 0. The van der Waals surface area contributed by atoms with E-state index in [1.165, 1.54) is 10.5 Å². The Morgan fingerprint density at radius 3 is 2.19 bits per heavy atom. The zero-order valence-electron chi connectivity index (χ0n) is 18.4. The average molecular weight is 433 g/mol. The maximum Gasteiger partial charge on any atom is 0.328 e. The first kappa shape index (κ1) is 22.7. The monoisotopic (exact) mass is 432 g/mol. The van der Waals surface area contributed by atoms with Gasteiger partial charge in [-0.1, -0.05) is 63.2 Å². The number of ether oxygens (including phenoxy) is 1. The van der Waals surface area contributed by atoms with E-state index in [0.29, 0.717) is 12.4 Å². The zero-order valence-corrected chi connectivity index (χ0v) is 19.2. The van der Waals surface area contributed by atoms with Gasteiger partial charge < -0.3 is 9.84 Å². The maximum atomic E-state index is 11.1. The highest BCUT2D eigenvalue weighted by atomic mass is 32.2. The van der Waals surface area contributed by atoms with Crippen LogP contribution in [0.1, 0.15) is 37.5 Å². The van der Waals surface area contributed by atoms with E-state index in [4.69, 9.17) is 9.84 Å². The summed E-state index contributed by atoms with van der Waals surface area (Å²) in [4.78, 5) is 12.3. The van der Waals surface area contributed by atoms with Crippen molar-refractivity contribution in [2.75, 3.05) is 6.26 Å². The molecule has 31 heavy (non-hydrogen) atoms. The number of carbonyl (C=O) groups is 1. The summed E-state index contributed by atoms with van der Waals surface area (Å²) in [5.41, 5.74) is 5.28. The van der Waals surface area contributed by atoms with Gasteiger partial charge in [0.1, 0.15) is 12.4 Å². The SMILES string of the molecule is CSc1ccc(-c2ccc(OCc3ccc(C(C)(C)C)cc3)c(C=CC(=O)O)c2)cc1. The Morgan fingerprint density at radius 1 is 0.968 bits per heavy atom. The molecule has 3 aromatic rings. The molecule has 0 unspecified atom stereocenters. The molecule has 3 rings (SSSR count). The molecule has 0 aliphatic carbocycles. The van der Waals surface area contributed by atoms with E-state index >= 15 is 0 Å². The average Bonchev–Trinajstić information content (AvgIpc) is 2.76. The van der Waals surface area contributed by atoms with Gasteiger partial charge in [0.2, 0.25) is 0 Å². The topological polar surface area (TPSA) is 46.5 Å². The third kappa shape index (κ3) is 6.25. The predicted molar refractivity (Wildman–Crippen MR) is 130 cm³/mol. The largest absolute Gasteiger partial charge is 0.488 e. The van der Waals surface area contributed by atoms with Gasteiger partial charge in [-0.3, -0.25) is 0 Å². The second-order valence-corrected chi connectivity index (χ2v) is 9.27. The van der Waals surface area contributed by atoms with Crippen molar-refractivity contribution < 1.29 is 14.6 Å². The molecule has 0 saturated carbocycles. The maximum absolute atomic E-state index is 11.1. The normalized spacial score (nSPS) is 11.6. The molecule has 0 aromatic heterocycles. The minimum absolute atomic E-state index is 0.109. The van der Waals surface area contributed by atoms with Crippen LogP contribution in [-0.2, 0) is 16.8 Å². The van der Waals surface area contributed by atoms with Crippen molar-refractivity contribution in [2.24, 2.45) is 0 Å². The number of aliphatic carboxylic acids is 1. The number of rotatable bonds is 7. The third-order valence-electron chi connectivity index (χ3n) is 5.05. The molecule has 0 aliphatic heterocycles. The summed E-state index contributed by atoms with van der Waals surface area (Å²) in [6.45, 7) is 6.99. The minimum atomic E-state index is -0.988. The number of thioether (sulfide) groups is 1. The molecule has 3 aromatic carbocycles. The van der Waals surface area contributed by atoms with Crippen molar-refractivity contribution in [3.05, 3.63) is 89.5 Å². The van der Waals surface area contributed by atoms with Crippen LogP contribution in [0.25, 0.3) is 17.2 Å². The lowest BCUT2D eigenvalue weighted by molar-refractivity contribution is -0.131. The number of hydrogen-bond acceptors (Lipinski definition) is 3. The summed E-state index contributed by atoms with van der Waals surface area (Å²) in [5.74, 6) is -0.333. The van der Waals surface area contributed by atoms with Crippen LogP contribution in [0.3, 0.4) is 0 Å². The van der Waals surface area contributed by atoms with Gasteiger partial charge in [0.25, 0.3) is 0 Å². The van der Waals surface area contributed by atoms with Crippen molar-refractivity contribution in [1.82, 2.24) is 0 Å². The highest BCUT2D eigenvalue weighted by Gasteiger charge is 2.13. The molecule has 0 amide bonds. The molecule has 1 N–H and O–H groups in total. The predicted octanol–water partition coefficient (Wildman–Crippen LogP) is 7.05. The fourth-order valence-corrected chi connectivity index (χ4v) is 3.60. The molecule has 0 fully saturated rings. The fraction of sp³-hybridized carbons (Fsp3) is 0.222. The van der Waals surface area contributed by atoms with Gasteiger partial charge in [-0.15, -0.1) is 11.8 Å². The van der Waals surface area contributed by atoms with Gasteiger partial charge in [0.15, 0.2) is 0 Å². The van der Waals surface area contributed by atoms with Crippen molar-refractivity contribution in [1.29, 1.82) is 0 Å². The summed E-state index contributed by atoms with van der Waals surface area (Å²) >= 11 is 1.70. The van der Waals surface area contributed by atoms with Crippen LogP contribution < -0.4 is 4.74 Å². The highest BCUT2D eigenvalue weighted by Crippen LogP contribution is 2.30. The van der Waals surface area contributed by atoms with E-state index in [1.807, 2.05) is 24.5 Å². The lowest BCUT2D eigenvalue weighted by atomic mass is 9.87. The second-order valence-electron chi connectivity index (χ2n) is 8.39. The Balaban J connectivity index is 1.83. The fourth-order valence-electron chi connectivity index (χ4n) is 3.20. The van der Waals surface area contributed by atoms with Gasteiger partial charge in [0.05, 0.1) is 0 Å². The summed E-state index contributed by atoms with van der Waals surface area (Å²) in [5, 5.41) is 9.08. The number of carboxylic acids is 1. The van der Waals surface area contributed by atoms with Crippen LogP contribution in [-0.4, -0.2) is 17.3 Å². The molecule has 0 heterocycles. The van der Waals surface area contributed by atoms with Crippen LogP contribution in [0.5, 0.6) is 5.75 Å². The van der Waals surface area contributed by atoms with Crippen molar-refractivity contribution in [3.8, 4) is 16.9 Å². The van der Waals surface area contributed by atoms with E-state index in [9.17, 15) is 4.79 Å². The minimum Gasteiger partial charge on any atom is -0.488 e. The van der Waals surface area contributed by atoms with Gasteiger partial charge in [0, 0.05) is 16.5 Å². The number of benzene rings is 3. The van der Waals surface area contributed by atoms with Crippen molar-refractivity contribution in [3.63, 3.8) is 0 Å². The van der Waals surface area contributed by atoms with E-state index in [0.717, 1.165) is 28.3 Å². The van der Waals surface area contributed by atoms with Gasteiger partial charge >= 0.3 is 5.97 Å². The molecule has 0 atom stereocenters. The Labute approximate surface area is 188 Å². The molecular weight excluding hydrogens is 404 g/mol. The Bertz CT molecular complexity index is 1060. The summed E-state index contributed by atoms with van der Waals surface area (Å²) in [6, 6.07) is 22.6. The van der Waals surface area contributed by atoms with Gasteiger partial charge in [-0.05, 0) is 64.3 Å². The highest BCUT2D eigenvalue weighted by molar-refractivity contribution is 7.98. The van der Waals surface area contributed by atoms with Crippen LogP contribution >= 0.6 is 11.8 Å². The molecule has 0 saturated heterocycles. The number of carboxylic acid groups (broad SMARTS) is 1. The van der Waals surface area contributed by atoms with E-state index in [2.05, 4.69) is 69.3 Å².